The van der Waals surface area contributed by atoms with Crippen molar-refractivity contribution in [2.45, 2.75) is 13.8 Å². The van der Waals surface area contributed by atoms with Crippen LogP contribution >= 0.6 is 17.0 Å². The smallest absolute Gasteiger partial charge is 0.0809 e. The van der Waals surface area contributed by atoms with E-state index >= 15 is 0 Å². The summed E-state index contributed by atoms with van der Waals surface area (Å²) in [6, 6.07) is 46.9. The minimum atomic E-state index is -0.826. The predicted octanol–water partition coefficient (Wildman–Crippen LogP) is 8.45. The zero-order valence-electron chi connectivity index (χ0n) is 20.5. The molecule has 0 nitrogen and oxygen atoms in total. The number of halogens is 2. The van der Waals surface area contributed by atoms with Gasteiger partial charge in [-0.05, 0) is 13.8 Å². The third-order valence-corrected chi connectivity index (χ3v) is 6.73. The molecule has 0 spiro atoms. The quantitative estimate of drug-likeness (QED) is 0.138. The fraction of sp³-hybridized carbons (Fsp3) is 0.0625. The summed E-state index contributed by atoms with van der Waals surface area (Å²) in [4.78, 5) is 0. The number of hydrogen-bond acceptors (Lipinski definition) is 0. The molecule has 0 heterocycles. The maximum atomic E-state index is 4.93. The van der Waals surface area contributed by atoms with Crippen LogP contribution in [0.2, 0.25) is 0 Å². The molecule has 6 aromatic carbocycles. The Balaban J connectivity index is 0.000000149. The van der Waals surface area contributed by atoms with E-state index in [9.17, 15) is 0 Å². The van der Waals surface area contributed by atoms with E-state index in [4.69, 9.17) is 17.0 Å². The summed E-state index contributed by atoms with van der Waals surface area (Å²) < 4.78 is 0. The molecule has 178 valence electrons. The van der Waals surface area contributed by atoms with Crippen LogP contribution in [0.15, 0.2) is 133 Å². The molecule has 0 aromatic heterocycles. The van der Waals surface area contributed by atoms with Gasteiger partial charge in [-0.3, -0.25) is 0 Å². The summed E-state index contributed by atoms with van der Waals surface area (Å²) in [7, 11) is 10.6. The maximum Gasteiger partial charge on any atom is -0.0809 e. The Hall–Kier alpha value is -2.22. The van der Waals surface area contributed by atoms with Crippen molar-refractivity contribution in [1.29, 1.82) is 0 Å². The molecular weight excluding hydrogens is 575 g/mol. The van der Waals surface area contributed by atoms with Crippen molar-refractivity contribution in [3.63, 3.8) is 0 Å². The van der Waals surface area contributed by atoms with Gasteiger partial charge in [0.15, 0.2) is 0 Å². The molecule has 0 fully saturated rings. The Morgan fingerprint density at radius 2 is 0.889 bits per heavy atom. The minimum absolute atomic E-state index is 0.769. The van der Waals surface area contributed by atoms with Crippen LogP contribution in [0.5, 0.6) is 0 Å². The Bertz CT molecular complexity index is 1250. The van der Waals surface area contributed by atoms with Crippen molar-refractivity contribution in [1.82, 2.24) is 0 Å². The second kappa shape index (κ2) is 15.8. The molecule has 0 saturated carbocycles. The van der Waals surface area contributed by atoms with Crippen LogP contribution in [0.25, 0.3) is 21.5 Å². The van der Waals surface area contributed by atoms with Crippen LogP contribution in [0.3, 0.4) is 0 Å². The van der Waals surface area contributed by atoms with Gasteiger partial charge in [-0.1, -0.05) is 82.2 Å². The van der Waals surface area contributed by atoms with Crippen LogP contribution in [0.4, 0.5) is 0 Å². The van der Waals surface area contributed by atoms with E-state index in [0.29, 0.717) is 0 Å². The van der Waals surface area contributed by atoms with Crippen LogP contribution in [-0.2, 0) is 20.8 Å². The first-order valence-corrected chi connectivity index (χ1v) is 19.0. The van der Waals surface area contributed by atoms with E-state index < -0.39 is 20.8 Å². The van der Waals surface area contributed by atoms with Gasteiger partial charge in [0.2, 0.25) is 0 Å². The minimum Gasteiger partial charge on any atom is -0.168 e. The van der Waals surface area contributed by atoms with Gasteiger partial charge < -0.3 is 0 Å². The maximum absolute atomic E-state index is 4.93. The van der Waals surface area contributed by atoms with E-state index in [1.807, 2.05) is 0 Å². The average molecular weight is 603 g/mol. The standard InChI is InChI=1S/C14H14Si.2C9H7.2ClH.Zr/c1-11-3-7-13(8-4-11)15-14-9-5-12(2)6-10-14;2*1-2-5-9-7-3-6-8(9)4-1;;;/h3-10H,1-2H3;2*1-7H;2*1H;/q;2*-1;;;+4/p-2. The molecule has 0 atom stereocenters. The molecule has 0 bridgehead atoms. The Kier molecular flexibility index (Phi) is 12.4. The molecule has 0 aliphatic heterocycles. The predicted molar refractivity (Wildman–Crippen MR) is 158 cm³/mol. The number of aryl methyl sites for hydroxylation is 2. The van der Waals surface area contributed by atoms with Gasteiger partial charge in [-0.15, -0.1) is 59.3 Å². The Labute approximate surface area is 236 Å². The topological polar surface area (TPSA) is 0 Å². The number of hydrogen-bond donors (Lipinski definition) is 0. The summed E-state index contributed by atoms with van der Waals surface area (Å²) >= 11 is -0.826. The van der Waals surface area contributed by atoms with E-state index in [-0.39, 0.29) is 0 Å². The molecule has 6 aromatic rings. The SMILES string of the molecule is Cc1ccc([Si]c2ccc(C)cc2)cc1.[Cl][Zr+2][Cl].c1ccc2[cH-]ccc2c1.c1ccc2[cH-]ccc2c1. The van der Waals surface area contributed by atoms with Crippen molar-refractivity contribution in [2.24, 2.45) is 0 Å². The van der Waals surface area contributed by atoms with Gasteiger partial charge in [0, 0.05) is 0 Å². The Morgan fingerprint density at radius 1 is 0.528 bits per heavy atom. The number of benzene rings is 4. The first-order chi connectivity index (χ1) is 17.6. The van der Waals surface area contributed by atoms with Crippen molar-refractivity contribution < 1.29 is 20.8 Å². The first kappa shape index (κ1) is 28.4. The van der Waals surface area contributed by atoms with Crippen molar-refractivity contribution in [3.8, 4) is 0 Å². The summed E-state index contributed by atoms with van der Waals surface area (Å²) in [6.07, 6.45) is 0. The summed E-state index contributed by atoms with van der Waals surface area (Å²) in [5, 5.41) is 8.14. The van der Waals surface area contributed by atoms with Crippen molar-refractivity contribution in [3.05, 3.63) is 145 Å². The third-order valence-electron chi connectivity index (χ3n) is 5.49. The van der Waals surface area contributed by atoms with Crippen molar-refractivity contribution >= 4 is 58.5 Å². The van der Waals surface area contributed by atoms with Gasteiger partial charge in [-0.25, -0.2) is 0 Å². The van der Waals surface area contributed by atoms with Crippen molar-refractivity contribution in [2.75, 3.05) is 0 Å². The average Bonchev–Trinajstić information content (AvgIpc) is 3.58. The molecule has 4 heteroatoms. The summed E-state index contributed by atoms with van der Waals surface area (Å²) in [6.45, 7) is 4.25. The summed E-state index contributed by atoms with van der Waals surface area (Å²) in [5.41, 5.74) is 2.65. The molecule has 0 N–H and O–H groups in total. The zero-order valence-corrected chi connectivity index (χ0v) is 25.4. The summed E-state index contributed by atoms with van der Waals surface area (Å²) in [5.74, 6) is 0. The first-order valence-electron chi connectivity index (χ1n) is 11.7. The van der Waals surface area contributed by atoms with Gasteiger partial charge in [0.05, 0.1) is 0 Å². The fourth-order valence-electron chi connectivity index (χ4n) is 3.58. The molecule has 0 aliphatic carbocycles. The van der Waals surface area contributed by atoms with Crippen LogP contribution < -0.4 is 10.4 Å². The zero-order chi connectivity index (χ0) is 25.6. The second-order valence-corrected chi connectivity index (χ2v) is 13.4. The molecule has 36 heavy (non-hydrogen) atoms. The van der Waals surface area contributed by atoms with Crippen LogP contribution in [-0.4, -0.2) is 9.52 Å². The molecular formula is C32H28Cl2SiZr. The van der Waals surface area contributed by atoms with E-state index in [2.05, 4.69) is 147 Å². The molecule has 0 unspecified atom stereocenters. The van der Waals surface area contributed by atoms with E-state index in [1.54, 1.807) is 0 Å². The monoisotopic (exact) mass is 600 g/mol. The van der Waals surface area contributed by atoms with Crippen LogP contribution in [0.1, 0.15) is 11.1 Å². The molecule has 2 radical (unpaired) electrons. The third kappa shape index (κ3) is 9.68. The largest absolute Gasteiger partial charge is 0.168 e. The fourth-order valence-corrected chi connectivity index (χ4v) is 4.58. The van der Waals surface area contributed by atoms with Gasteiger partial charge in [0.25, 0.3) is 0 Å². The molecule has 0 aliphatic rings. The van der Waals surface area contributed by atoms with Gasteiger partial charge in [0.1, 0.15) is 9.52 Å². The van der Waals surface area contributed by atoms with E-state index in [0.717, 1.165) is 9.52 Å². The van der Waals surface area contributed by atoms with E-state index in [1.165, 1.54) is 43.0 Å². The van der Waals surface area contributed by atoms with Gasteiger partial charge in [-0.2, -0.15) is 35.0 Å². The van der Waals surface area contributed by atoms with Crippen LogP contribution in [0, 0.1) is 13.8 Å². The normalized spacial score (nSPS) is 9.67. The Morgan fingerprint density at radius 3 is 1.25 bits per heavy atom. The molecule has 6 rings (SSSR count). The molecule has 0 saturated heterocycles. The number of rotatable bonds is 2. The second-order valence-electron chi connectivity index (χ2n) is 8.24. The number of fused-ring (bicyclic) bond motifs is 2. The molecule has 0 amide bonds. The van der Waals surface area contributed by atoms with Gasteiger partial charge >= 0.3 is 37.9 Å².